The molecule has 0 saturated heterocycles. The van der Waals surface area contributed by atoms with E-state index in [-0.39, 0.29) is 21.7 Å². The van der Waals surface area contributed by atoms with Crippen molar-refractivity contribution < 1.29 is 4.42 Å². The predicted octanol–water partition coefficient (Wildman–Crippen LogP) is 13.8. The van der Waals surface area contributed by atoms with E-state index in [4.69, 9.17) is 4.42 Å². The van der Waals surface area contributed by atoms with E-state index in [0.717, 1.165) is 72.3 Å². The first-order valence-electron chi connectivity index (χ1n) is 25.2. The van der Waals surface area contributed by atoms with E-state index in [9.17, 15) is 5.26 Å². The van der Waals surface area contributed by atoms with Gasteiger partial charge in [-0.05, 0) is 0 Å². The molecule has 344 valence electrons. The third-order valence-corrected chi connectivity index (χ3v) is 17.9. The van der Waals surface area contributed by atoms with E-state index >= 15 is 0 Å². The van der Waals surface area contributed by atoms with Crippen molar-refractivity contribution in [2.45, 2.75) is 6.92 Å². The second-order valence-corrected chi connectivity index (χ2v) is 21.7. The predicted molar refractivity (Wildman–Crippen MR) is 310 cm³/mol. The molecule has 0 fully saturated rings. The van der Waals surface area contributed by atoms with Gasteiger partial charge < -0.3 is 0 Å². The van der Waals surface area contributed by atoms with Crippen molar-refractivity contribution in [2.75, 3.05) is 4.90 Å². The second-order valence-electron chi connectivity index (χ2n) is 19.5. The molecule has 13 aromatic rings. The molecular weight excluding hydrogens is 965 g/mol. The Bertz CT molecular complexity index is 4440. The molecule has 0 radical (unpaired) electrons. The molecule has 2 aliphatic rings. The monoisotopic (exact) mass is 1010 g/mol. The molecular formula is C68H42BN3OSe. The summed E-state index contributed by atoms with van der Waals surface area (Å²) in [6, 6.07) is 88.7. The SMILES string of the molecule is Cc1cccc2oc3c4c(ccc3c12)B1c2ccc(-n3c5ccccc5c5cc(C#N)ccc53)cc2N(c2c(-c3ccccc3)cccc2-c2ccccc2)c2cc(-c3cccc(-c5ccccc5)c3)cc(c21)[Se]4. The molecule has 4 nitrogen and oxygen atoms in total. The van der Waals surface area contributed by atoms with Crippen molar-refractivity contribution >= 4 is 108 Å². The summed E-state index contributed by atoms with van der Waals surface area (Å²) in [6.07, 6.45) is 0. The second kappa shape index (κ2) is 16.7. The number of nitriles is 1. The number of furan rings is 1. The van der Waals surface area contributed by atoms with E-state index in [2.05, 4.69) is 247 Å². The van der Waals surface area contributed by atoms with E-state index < -0.39 is 0 Å². The van der Waals surface area contributed by atoms with Crippen molar-refractivity contribution in [3.05, 3.63) is 248 Å². The van der Waals surface area contributed by atoms with Gasteiger partial charge in [0.25, 0.3) is 0 Å². The number of aromatic nitrogens is 1. The van der Waals surface area contributed by atoms with Crippen molar-refractivity contribution in [1.29, 1.82) is 5.26 Å². The van der Waals surface area contributed by atoms with Crippen LogP contribution in [0.2, 0.25) is 0 Å². The van der Waals surface area contributed by atoms with Gasteiger partial charge in [-0.2, -0.15) is 5.26 Å². The number of hydrogen-bond acceptors (Lipinski definition) is 3. The molecule has 11 aromatic carbocycles. The molecule has 0 unspecified atom stereocenters. The van der Waals surface area contributed by atoms with Crippen LogP contribution in [0.3, 0.4) is 0 Å². The van der Waals surface area contributed by atoms with Crippen LogP contribution in [0.4, 0.5) is 17.1 Å². The van der Waals surface area contributed by atoms with Gasteiger partial charge in [-0.15, -0.1) is 0 Å². The van der Waals surface area contributed by atoms with Gasteiger partial charge >= 0.3 is 427 Å². The van der Waals surface area contributed by atoms with E-state index in [1.807, 2.05) is 12.1 Å². The Morgan fingerprint density at radius 3 is 1.89 bits per heavy atom. The molecule has 4 heterocycles. The molecule has 0 N–H and O–H groups in total. The summed E-state index contributed by atoms with van der Waals surface area (Å²) in [4.78, 5) is 2.62. The Morgan fingerprint density at radius 1 is 0.486 bits per heavy atom. The molecule has 6 heteroatoms. The summed E-state index contributed by atoms with van der Waals surface area (Å²) in [6.45, 7) is 2.11. The van der Waals surface area contributed by atoms with Crippen LogP contribution in [0.25, 0.3) is 93.9 Å². The molecule has 0 saturated carbocycles. The van der Waals surface area contributed by atoms with Crippen LogP contribution in [-0.4, -0.2) is 26.2 Å². The van der Waals surface area contributed by atoms with E-state index in [1.54, 1.807) is 0 Å². The Kier molecular flexibility index (Phi) is 9.63. The van der Waals surface area contributed by atoms with Gasteiger partial charge in [-0.1, -0.05) is 0 Å². The van der Waals surface area contributed by atoms with Gasteiger partial charge in [-0.3, -0.25) is 0 Å². The van der Waals surface area contributed by atoms with Crippen molar-refractivity contribution in [2.24, 2.45) is 0 Å². The van der Waals surface area contributed by atoms with Crippen LogP contribution >= 0.6 is 0 Å². The van der Waals surface area contributed by atoms with Crippen LogP contribution in [0.15, 0.2) is 241 Å². The molecule has 2 aromatic heterocycles. The Balaban J connectivity index is 1.08. The number of benzene rings is 11. The van der Waals surface area contributed by atoms with Gasteiger partial charge in [-0.25, -0.2) is 0 Å². The molecule has 0 bridgehead atoms. The maximum absolute atomic E-state index is 10.1. The third-order valence-electron chi connectivity index (χ3n) is 15.4. The summed E-state index contributed by atoms with van der Waals surface area (Å²) in [5.74, 6) is 0. The number of rotatable bonds is 6. The number of aryl methyl sites for hydroxylation is 1. The van der Waals surface area contributed by atoms with Gasteiger partial charge in [0.1, 0.15) is 0 Å². The molecule has 74 heavy (non-hydrogen) atoms. The summed E-state index contributed by atoms with van der Waals surface area (Å²) in [5, 5.41) is 14.6. The van der Waals surface area contributed by atoms with Crippen LogP contribution in [-0.2, 0) is 0 Å². The summed E-state index contributed by atoms with van der Waals surface area (Å²) in [7, 11) is 0. The zero-order valence-electron chi connectivity index (χ0n) is 40.3. The fraction of sp³-hybridized carbons (Fsp3) is 0.0147. The average Bonchev–Trinajstić information content (AvgIpc) is 4.04. The minimum atomic E-state index is -0.125. The van der Waals surface area contributed by atoms with Crippen LogP contribution in [0, 0.1) is 18.3 Å². The number of hydrogen-bond donors (Lipinski definition) is 0. The third kappa shape index (κ3) is 6.48. The first kappa shape index (κ1) is 42.6. The minimum absolute atomic E-state index is 0.0882. The van der Waals surface area contributed by atoms with Gasteiger partial charge in [0.05, 0.1) is 6.07 Å². The van der Waals surface area contributed by atoms with Gasteiger partial charge in [0.2, 0.25) is 0 Å². The van der Waals surface area contributed by atoms with E-state index in [0.29, 0.717) is 5.56 Å². The van der Waals surface area contributed by atoms with Crippen LogP contribution in [0.5, 0.6) is 0 Å². The molecule has 0 amide bonds. The van der Waals surface area contributed by atoms with Crippen LogP contribution in [0.1, 0.15) is 11.1 Å². The quantitative estimate of drug-likeness (QED) is 0.156. The molecule has 2 aliphatic heterocycles. The van der Waals surface area contributed by atoms with Crippen LogP contribution < -0.4 is 30.2 Å². The standard InChI is InChI=1S/C68H42BN3OSe/c1-42-16-13-29-62-64(42)54-32-34-57-68(67(54)73-62)74-63-39-49(48-24-14-23-47(37-48)44-17-5-2-6-18-44)38-61-65(63)69(57)56-33-31-50(71-58-28-12-11-25-53(58)55-36-43(41-70)30-35-59(55)71)40-60(56)72(61)66-51(45-19-7-3-8-20-45)26-15-27-52(66)46-21-9-4-10-22-46/h2-40H,1H3. The zero-order chi connectivity index (χ0) is 49.0. The number of anilines is 3. The number of para-hydroxylation sites is 2. The summed E-state index contributed by atoms with van der Waals surface area (Å²) >= 11 is -0.125. The maximum atomic E-state index is 10.1. The Morgan fingerprint density at radius 2 is 1.14 bits per heavy atom. The Hall–Kier alpha value is -9.11. The fourth-order valence-electron chi connectivity index (χ4n) is 12.1. The molecule has 15 rings (SSSR count). The van der Waals surface area contributed by atoms with Crippen molar-refractivity contribution in [1.82, 2.24) is 4.57 Å². The summed E-state index contributed by atoms with van der Waals surface area (Å²) < 4.78 is 12.1. The Labute approximate surface area is 435 Å². The van der Waals surface area contributed by atoms with Gasteiger partial charge in [0, 0.05) is 0 Å². The van der Waals surface area contributed by atoms with Crippen molar-refractivity contribution in [3.63, 3.8) is 0 Å². The summed E-state index contributed by atoms with van der Waals surface area (Å²) in [5.41, 5.74) is 23.6. The normalized spacial score (nSPS) is 12.5. The fourth-order valence-corrected chi connectivity index (χ4v) is 14.8. The first-order chi connectivity index (χ1) is 36.6. The molecule has 0 aliphatic carbocycles. The number of fused-ring (bicyclic) bond motifs is 11. The zero-order valence-corrected chi connectivity index (χ0v) is 42.0. The first-order valence-corrected chi connectivity index (χ1v) is 26.9. The van der Waals surface area contributed by atoms with E-state index in [1.165, 1.54) is 69.6 Å². The van der Waals surface area contributed by atoms with Crippen molar-refractivity contribution in [3.8, 4) is 56.3 Å². The van der Waals surface area contributed by atoms with Gasteiger partial charge in [0.15, 0.2) is 0 Å². The average molecular weight is 1010 g/mol. The topological polar surface area (TPSA) is 45.1 Å². The molecule has 0 atom stereocenters. The number of nitrogens with zero attached hydrogens (tertiary/aromatic N) is 3. The molecule has 0 spiro atoms.